The fourth-order valence-electron chi connectivity index (χ4n) is 1.21. The topological polar surface area (TPSA) is 58.2 Å². The smallest absolute Gasteiger partial charge is 0.319 e. The van der Waals surface area contributed by atoms with E-state index in [4.69, 9.17) is 6.42 Å². The monoisotopic (exact) mass is 230 g/mol. The maximum atomic E-state index is 11.3. The van der Waals surface area contributed by atoms with Gasteiger partial charge in [-0.05, 0) is 31.2 Å². The molecule has 0 aliphatic heterocycles. The zero-order valence-electron chi connectivity index (χ0n) is 9.62. The van der Waals surface area contributed by atoms with Gasteiger partial charge in [0.05, 0.1) is 0 Å². The normalized spacial score (nSPS) is 9.18. The number of amides is 2. The fourth-order valence-corrected chi connectivity index (χ4v) is 1.21. The highest BCUT2D eigenvalue weighted by molar-refractivity contribution is 5.95. The predicted molar refractivity (Wildman–Crippen MR) is 66.9 cm³/mol. The Labute approximate surface area is 100 Å². The van der Waals surface area contributed by atoms with Crippen molar-refractivity contribution in [1.29, 1.82) is 0 Å². The summed E-state index contributed by atoms with van der Waals surface area (Å²) in [6, 6.07) is 6.38. The SMILES string of the molecule is C#CCCNC(=O)Nc1ccc(C(C)=O)cc1. The van der Waals surface area contributed by atoms with E-state index in [1.807, 2.05) is 0 Å². The minimum Gasteiger partial charge on any atom is -0.337 e. The van der Waals surface area contributed by atoms with Crippen molar-refractivity contribution >= 4 is 17.5 Å². The molecule has 4 heteroatoms. The van der Waals surface area contributed by atoms with Gasteiger partial charge in [0.1, 0.15) is 0 Å². The Kier molecular flexibility index (Phi) is 4.77. The summed E-state index contributed by atoms with van der Waals surface area (Å²) >= 11 is 0. The average Bonchev–Trinajstić information content (AvgIpc) is 2.30. The number of ketones is 1. The van der Waals surface area contributed by atoms with Gasteiger partial charge in [0.2, 0.25) is 0 Å². The van der Waals surface area contributed by atoms with Gasteiger partial charge in [-0.25, -0.2) is 4.79 Å². The van der Waals surface area contributed by atoms with E-state index >= 15 is 0 Å². The van der Waals surface area contributed by atoms with Gasteiger partial charge >= 0.3 is 6.03 Å². The molecular formula is C13H14N2O2. The first-order valence-corrected chi connectivity index (χ1v) is 5.23. The number of terminal acetylenes is 1. The van der Waals surface area contributed by atoms with Crippen LogP contribution in [0.25, 0.3) is 0 Å². The van der Waals surface area contributed by atoms with E-state index in [0.29, 0.717) is 24.2 Å². The molecule has 1 rings (SSSR count). The van der Waals surface area contributed by atoms with E-state index in [2.05, 4.69) is 16.6 Å². The molecule has 4 nitrogen and oxygen atoms in total. The molecule has 88 valence electrons. The van der Waals surface area contributed by atoms with Crippen molar-refractivity contribution in [2.45, 2.75) is 13.3 Å². The van der Waals surface area contributed by atoms with Crippen LogP contribution in [0, 0.1) is 12.3 Å². The first kappa shape index (κ1) is 12.8. The second kappa shape index (κ2) is 6.33. The van der Waals surface area contributed by atoms with Gasteiger partial charge in [-0.2, -0.15) is 0 Å². The fraction of sp³-hybridized carbons (Fsp3) is 0.231. The van der Waals surface area contributed by atoms with Gasteiger partial charge in [-0.15, -0.1) is 12.3 Å². The molecule has 1 aromatic rings. The summed E-state index contributed by atoms with van der Waals surface area (Å²) in [6.07, 6.45) is 5.56. The van der Waals surface area contributed by atoms with E-state index in [1.54, 1.807) is 24.3 Å². The number of carbonyl (C=O) groups is 2. The Bertz CT molecular complexity index is 443. The molecule has 0 aromatic heterocycles. The molecule has 0 radical (unpaired) electrons. The van der Waals surface area contributed by atoms with Crippen LogP contribution in [0.3, 0.4) is 0 Å². The highest BCUT2D eigenvalue weighted by Gasteiger charge is 2.02. The van der Waals surface area contributed by atoms with Crippen LogP contribution in [0.5, 0.6) is 0 Å². The minimum absolute atomic E-state index is 0.00461. The third kappa shape index (κ3) is 4.39. The number of urea groups is 1. The zero-order valence-corrected chi connectivity index (χ0v) is 9.62. The van der Waals surface area contributed by atoms with Crippen molar-refractivity contribution in [3.05, 3.63) is 29.8 Å². The number of hydrogen-bond acceptors (Lipinski definition) is 2. The van der Waals surface area contributed by atoms with Crippen LogP contribution in [-0.4, -0.2) is 18.4 Å². The summed E-state index contributed by atoms with van der Waals surface area (Å²) in [7, 11) is 0. The molecule has 17 heavy (non-hydrogen) atoms. The molecular weight excluding hydrogens is 216 g/mol. The summed E-state index contributed by atoms with van der Waals surface area (Å²) in [5.41, 5.74) is 1.25. The van der Waals surface area contributed by atoms with Crippen LogP contribution in [-0.2, 0) is 0 Å². The molecule has 0 fully saturated rings. The molecule has 0 heterocycles. The molecule has 2 N–H and O–H groups in total. The van der Waals surface area contributed by atoms with Crippen molar-refractivity contribution in [3.63, 3.8) is 0 Å². The molecule has 0 aliphatic rings. The number of hydrogen-bond donors (Lipinski definition) is 2. The maximum Gasteiger partial charge on any atom is 0.319 e. The quantitative estimate of drug-likeness (QED) is 0.472. The highest BCUT2D eigenvalue weighted by atomic mass is 16.2. The molecule has 0 unspecified atom stereocenters. The number of benzene rings is 1. The second-order valence-corrected chi connectivity index (χ2v) is 3.47. The molecule has 0 saturated heterocycles. The Morgan fingerprint density at radius 3 is 2.47 bits per heavy atom. The van der Waals surface area contributed by atoms with Crippen molar-refractivity contribution in [2.24, 2.45) is 0 Å². The maximum absolute atomic E-state index is 11.3. The van der Waals surface area contributed by atoms with Gasteiger partial charge in [-0.3, -0.25) is 4.79 Å². The molecule has 1 aromatic carbocycles. The van der Waals surface area contributed by atoms with Gasteiger partial charge in [0.15, 0.2) is 5.78 Å². The van der Waals surface area contributed by atoms with Crippen LogP contribution < -0.4 is 10.6 Å². The van der Waals surface area contributed by atoms with Crippen LogP contribution in [0.15, 0.2) is 24.3 Å². The molecule has 0 spiro atoms. The highest BCUT2D eigenvalue weighted by Crippen LogP contribution is 2.09. The van der Waals surface area contributed by atoms with Gasteiger partial charge in [0.25, 0.3) is 0 Å². The number of Topliss-reactive ketones (excluding diaryl/α,β-unsaturated/α-hetero) is 1. The van der Waals surface area contributed by atoms with Crippen LogP contribution >= 0.6 is 0 Å². The van der Waals surface area contributed by atoms with Crippen LogP contribution in [0.2, 0.25) is 0 Å². The van der Waals surface area contributed by atoms with Crippen LogP contribution in [0.4, 0.5) is 10.5 Å². The van der Waals surface area contributed by atoms with E-state index < -0.39 is 0 Å². The van der Waals surface area contributed by atoms with E-state index in [-0.39, 0.29) is 11.8 Å². The number of anilines is 1. The average molecular weight is 230 g/mol. The first-order chi connectivity index (χ1) is 8.13. The van der Waals surface area contributed by atoms with Crippen molar-refractivity contribution in [2.75, 3.05) is 11.9 Å². The summed E-state index contributed by atoms with van der Waals surface area (Å²) in [4.78, 5) is 22.4. The largest absolute Gasteiger partial charge is 0.337 e. The number of nitrogens with one attached hydrogen (secondary N) is 2. The lowest BCUT2D eigenvalue weighted by atomic mass is 10.1. The Balaban J connectivity index is 2.49. The molecule has 0 aliphatic carbocycles. The Morgan fingerprint density at radius 2 is 1.94 bits per heavy atom. The van der Waals surface area contributed by atoms with Crippen molar-refractivity contribution in [1.82, 2.24) is 5.32 Å². The number of rotatable bonds is 4. The van der Waals surface area contributed by atoms with Crippen molar-refractivity contribution in [3.8, 4) is 12.3 Å². The van der Waals surface area contributed by atoms with E-state index in [9.17, 15) is 9.59 Å². The summed E-state index contributed by atoms with van der Waals surface area (Å²) in [5.74, 6) is 2.42. The first-order valence-electron chi connectivity index (χ1n) is 5.23. The van der Waals surface area contributed by atoms with Gasteiger partial charge in [-0.1, -0.05) is 0 Å². The predicted octanol–water partition coefficient (Wildman–Crippen LogP) is 2.03. The van der Waals surface area contributed by atoms with Crippen molar-refractivity contribution < 1.29 is 9.59 Å². The van der Waals surface area contributed by atoms with E-state index in [1.165, 1.54) is 6.92 Å². The third-order valence-electron chi connectivity index (χ3n) is 2.10. The number of carbonyl (C=O) groups excluding carboxylic acids is 2. The Hall–Kier alpha value is -2.28. The third-order valence-corrected chi connectivity index (χ3v) is 2.10. The molecule has 0 saturated carbocycles. The lowest BCUT2D eigenvalue weighted by Crippen LogP contribution is -2.29. The zero-order chi connectivity index (χ0) is 12.7. The minimum atomic E-state index is -0.309. The van der Waals surface area contributed by atoms with Crippen LogP contribution in [0.1, 0.15) is 23.7 Å². The lowest BCUT2D eigenvalue weighted by molar-refractivity contribution is 0.101. The second-order valence-electron chi connectivity index (χ2n) is 3.47. The van der Waals surface area contributed by atoms with E-state index in [0.717, 1.165) is 0 Å². The summed E-state index contributed by atoms with van der Waals surface area (Å²) < 4.78 is 0. The van der Waals surface area contributed by atoms with Gasteiger partial charge < -0.3 is 10.6 Å². The Morgan fingerprint density at radius 1 is 1.29 bits per heavy atom. The van der Waals surface area contributed by atoms with Gasteiger partial charge in [0, 0.05) is 24.2 Å². The molecule has 0 bridgehead atoms. The summed E-state index contributed by atoms with van der Waals surface area (Å²) in [6.45, 7) is 1.93. The lowest BCUT2D eigenvalue weighted by Gasteiger charge is -2.06. The summed E-state index contributed by atoms with van der Waals surface area (Å²) in [5, 5.41) is 5.25. The molecule has 2 amide bonds. The molecule has 0 atom stereocenters. The standard InChI is InChI=1S/C13H14N2O2/c1-3-4-9-14-13(17)15-12-7-5-11(6-8-12)10(2)16/h1,5-8H,4,9H2,2H3,(H2,14,15,17).